The number of methoxy groups -OCH3 is 1. The van der Waals surface area contributed by atoms with Crippen LogP contribution in [0.4, 0.5) is 0 Å². The molecule has 0 spiro atoms. The first kappa shape index (κ1) is 13.2. The minimum Gasteiger partial charge on any atom is -0.496 e. The summed E-state index contributed by atoms with van der Waals surface area (Å²) >= 11 is 0. The Morgan fingerprint density at radius 3 is 2.47 bits per heavy atom. The van der Waals surface area contributed by atoms with E-state index >= 15 is 0 Å². The molecule has 0 N–H and O–H groups in total. The van der Waals surface area contributed by atoms with E-state index in [4.69, 9.17) is 9.47 Å². The number of carbonyl (C=O) groups is 2. The molecule has 0 aromatic heterocycles. The molecule has 0 aliphatic heterocycles. The third kappa shape index (κ3) is 3.90. The molecule has 1 rings (SSSR count). The molecular formula is C13H16O4. The summed E-state index contributed by atoms with van der Waals surface area (Å²) in [6.45, 7) is 3.20. The monoisotopic (exact) mass is 236 g/mol. The first-order valence-corrected chi connectivity index (χ1v) is 5.36. The number of rotatable bonds is 5. The first-order chi connectivity index (χ1) is 8.04. The number of hydrogen-bond acceptors (Lipinski definition) is 4. The van der Waals surface area contributed by atoms with Crippen LogP contribution in [0.1, 0.15) is 29.8 Å². The SMILES string of the molecule is COc1cc(CCOC(C)=O)ccc1C(C)=O. The molecule has 4 heteroatoms. The lowest BCUT2D eigenvalue weighted by atomic mass is 10.1. The van der Waals surface area contributed by atoms with Gasteiger partial charge in [0.15, 0.2) is 5.78 Å². The first-order valence-electron chi connectivity index (χ1n) is 5.36. The van der Waals surface area contributed by atoms with E-state index in [-0.39, 0.29) is 11.8 Å². The Bertz CT molecular complexity index is 423. The molecule has 0 saturated carbocycles. The molecular weight excluding hydrogens is 220 g/mol. The Morgan fingerprint density at radius 1 is 1.24 bits per heavy atom. The summed E-state index contributed by atoms with van der Waals surface area (Å²) < 4.78 is 10.00. The number of esters is 1. The van der Waals surface area contributed by atoms with E-state index in [1.807, 2.05) is 6.07 Å². The van der Waals surface area contributed by atoms with Crippen LogP contribution in [0.2, 0.25) is 0 Å². The van der Waals surface area contributed by atoms with Crippen molar-refractivity contribution in [2.75, 3.05) is 13.7 Å². The lowest BCUT2D eigenvalue weighted by Gasteiger charge is -2.08. The van der Waals surface area contributed by atoms with Crippen molar-refractivity contribution in [3.63, 3.8) is 0 Å². The van der Waals surface area contributed by atoms with Crippen LogP contribution in [0.3, 0.4) is 0 Å². The van der Waals surface area contributed by atoms with Gasteiger partial charge in [0.2, 0.25) is 0 Å². The predicted molar refractivity (Wildman–Crippen MR) is 63.3 cm³/mol. The molecule has 0 saturated heterocycles. The highest BCUT2D eigenvalue weighted by Crippen LogP contribution is 2.21. The Kier molecular flexibility index (Phi) is 4.69. The highest BCUT2D eigenvalue weighted by Gasteiger charge is 2.08. The van der Waals surface area contributed by atoms with E-state index in [9.17, 15) is 9.59 Å². The molecule has 0 aliphatic rings. The lowest BCUT2D eigenvalue weighted by Crippen LogP contribution is -2.04. The fourth-order valence-corrected chi connectivity index (χ4v) is 1.49. The zero-order valence-corrected chi connectivity index (χ0v) is 10.3. The maximum absolute atomic E-state index is 11.3. The zero-order chi connectivity index (χ0) is 12.8. The molecule has 0 bridgehead atoms. The van der Waals surface area contributed by atoms with Crippen LogP contribution in [-0.4, -0.2) is 25.5 Å². The third-order valence-electron chi connectivity index (χ3n) is 2.34. The van der Waals surface area contributed by atoms with Crippen LogP contribution < -0.4 is 4.74 Å². The lowest BCUT2D eigenvalue weighted by molar-refractivity contribution is -0.140. The van der Waals surface area contributed by atoms with Crippen LogP contribution in [0.5, 0.6) is 5.75 Å². The molecule has 1 aromatic carbocycles. The van der Waals surface area contributed by atoms with E-state index in [2.05, 4.69) is 0 Å². The smallest absolute Gasteiger partial charge is 0.302 e. The fraction of sp³-hybridized carbons (Fsp3) is 0.385. The molecule has 0 fully saturated rings. The van der Waals surface area contributed by atoms with Crippen LogP contribution in [0.25, 0.3) is 0 Å². The summed E-state index contributed by atoms with van der Waals surface area (Å²) in [5.41, 5.74) is 1.52. The minimum absolute atomic E-state index is 0.0339. The highest BCUT2D eigenvalue weighted by molar-refractivity contribution is 5.96. The summed E-state index contributed by atoms with van der Waals surface area (Å²) in [6.07, 6.45) is 0.605. The average molecular weight is 236 g/mol. The summed E-state index contributed by atoms with van der Waals surface area (Å²) in [5, 5.41) is 0. The molecule has 4 nitrogen and oxygen atoms in total. The highest BCUT2D eigenvalue weighted by atomic mass is 16.5. The second kappa shape index (κ2) is 6.03. The van der Waals surface area contributed by atoms with Crippen molar-refractivity contribution in [3.8, 4) is 5.75 Å². The Morgan fingerprint density at radius 2 is 1.94 bits per heavy atom. The van der Waals surface area contributed by atoms with Crippen molar-refractivity contribution in [3.05, 3.63) is 29.3 Å². The Hall–Kier alpha value is -1.84. The summed E-state index contributed by atoms with van der Waals surface area (Å²) in [4.78, 5) is 21.9. The maximum atomic E-state index is 11.3. The van der Waals surface area contributed by atoms with Crippen LogP contribution in [-0.2, 0) is 16.0 Å². The second-order valence-corrected chi connectivity index (χ2v) is 3.68. The van der Waals surface area contributed by atoms with Gasteiger partial charge < -0.3 is 9.47 Å². The molecule has 0 heterocycles. The van der Waals surface area contributed by atoms with E-state index in [0.29, 0.717) is 24.3 Å². The molecule has 1 aromatic rings. The van der Waals surface area contributed by atoms with Crippen molar-refractivity contribution in [2.24, 2.45) is 0 Å². The fourth-order valence-electron chi connectivity index (χ4n) is 1.49. The molecule has 0 unspecified atom stereocenters. The summed E-state index contributed by atoms with van der Waals surface area (Å²) in [6, 6.07) is 5.35. The van der Waals surface area contributed by atoms with Crippen molar-refractivity contribution >= 4 is 11.8 Å². The van der Waals surface area contributed by atoms with Gasteiger partial charge >= 0.3 is 5.97 Å². The van der Waals surface area contributed by atoms with Gasteiger partial charge in [-0.2, -0.15) is 0 Å². The van der Waals surface area contributed by atoms with Crippen LogP contribution in [0, 0.1) is 0 Å². The van der Waals surface area contributed by atoms with Gasteiger partial charge in [0, 0.05) is 13.3 Å². The van der Waals surface area contributed by atoms with Crippen molar-refractivity contribution < 1.29 is 19.1 Å². The molecule has 0 amide bonds. The number of hydrogen-bond donors (Lipinski definition) is 0. The molecule has 0 radical (unpaired) electrons. The third-order valence-corrected chi connectivity index (χ3v) is 2.34. The maximum Gasteiger partial charge on any atom is 0.302 e. The zero-order valence-electron chi connectivity index (χ0n) is 10.3. The Balaban J connectivity index is 2.75. The topological polar surface area (TPSA) is 52.6 Å². The van der Waals surface area contributed by atoms with E-state index in [1.165, 1.54) is 21.0 Å². The standard InChI is InChI=1S/C13H16O4/c1-9(14)12-5-4-11(8-13(12)16-3)6-7-17-10(2)15/h4-5,8H,6-7H2,1-3H3. The number of Topliss-reactive ketones (excluding diaryl/α,β-unsaturated/α-hetero) is 1. The van der Waals surface area contributed by atoms with Gasteiger partial charge in [-0.05, 0) is 24.6 Å². The van der Waals surface area contributed by atoms with Gasteiger partial charge in [-0.3, -0.25) is 9.59 Å². The quantitative estimate of drug-likeness (QED) is 0.579. The minimum atomic E-state index is -0.294. The second-order valence-electron chi connectivity index (χ2n) is 3.68. The predicted octanol–water partition coefficient (Wildman–Crippen LogP) is 2.00. The van der Waals surface area contributed by atoms with E-state index in [0.717, 1.165) is 5.56 Å². The van der Waals surface area contributed by atoms with Crippen molar-refractivity contribution in [1.82, 2.24) is 0 Å². The molecule has 0 aliphatic carbocycles. The summed E-state index contributed by atoms with van der Waals surface area (Å²) in [5.74, 6) is 0.225. The van der Waals surface area contributed by atoms with E-state index < -0.39 is 0 Å². The van der Waals surface area contributed by atoms with Gasteiger partial charge in [-0.15, -0.1) is 0 Å². The number of carbonyl (C=O) groups excluding carboxylic acids is 2. The average Bonchev–Trinajstić information content (AvgIpc) is 2.28. The van der Waals surface area contributed by atoms with Gasteiger partial charge in [-0.25, -0.2) is 0 Å². The van der Waals surface area contributed by atoms with Crippen molar-refractivity contribution in [1.29, 1.82) is 0 Å². The number of ether oxygens (including phenoxy) is 2. The normalized spacial score (nSPS) is 9.82. The van der Waals surface area contributed by atoms with Crippen LogP contribution >= 0.6 is 0 Å². The Labute approximate surface area is 101 Å². The molecule has 92 valence electrons. The van der Waals surface area contributed by atoms with Crippen molar-refractivity contribution in [2.45, 2.75) is 20.3 Å². The van der Waals surface area contributed by atoms with Gasteiger partial charge in [-0.1, -0.05) is 6.07 Å². The van der Waals surface area contributed by atoms with Gasteiger partial charge in [0.05, 0.1) is 19.3 Å². The number of benzene rings is 1. The van der Waals surface area contributed by atoms with Gasteiger partial charge in [0.1, 0.15) is 5.75 Å². The molecule has 0 atom stereocenters. The number of ketones is 1. The molecule has 17 heavy (non-hydrogen) atoms. The van der Waals surface area contributed by atoms with E-state index in [1.54, 1.807) is 12.1 Å². The van der Waals surface area contributed by atoms with Crippen LogP contribution in [0.15, 0.2) is 18.2 Å². The largest absolute Gasteiger partial charge is 0.496 e. The summed E-state index contributed by atoms with van der Waals surface area (Å²) in [7, 11) is 1.53. The van der Waals surface area contributed by atoms with Gasteiger partial charge in [0.25, 0.3) is 0 Å².